The molecule has 1 N–H and O–H groups in total. The number of nitrogens with zero attached hydrogens (tertiary/aromatic N) is 1. The minimum Gasteiger partial charge on any atom is -0.495 e. The lowest BCUT2D eigenvalue weighted by molar-refractivity contribution is -0.384. The van der Waals surface area contributed by atoms with Gasteiger partial charge in [-0.05, 0) is 42.5 Å². The average molecular weight is 481 g/mol. The molecule has 10 heteroatoms. The van der Waals surface area contributed by atoms with E-state index in [9.17, 15) is 19.7 Å². The molecule has 1 aromatic heterocycles. The van der Waals surface area contributed by atoms with Crippen LogP contribution in [-0.4, -0.2) is 30.3 Å². The molecule has 0 spiro atoms. The van der Waals surface area contributed by atoms with Gasteiger partial charge in [-0.15, -0.1) is 0 Å². The highest BCUT2D eigenvalue weighted by Gasteiger charge is 2.24. The van der Waals surface area contributed by atoms with Gasteiger partial charge in [0.25, 0.3) is 11.6 Å². The van der Waals surface area contributed by atoms with Gasteiger partial charge < -0.3 is 19.2 Å². The number of fused-ring (bicyclic) bond motifs is 1. The van der Waals surface area contributed by atoms with Crippen LogP contribution in [-0.2, 0) is 4.79 Å². The number of para-hydroxylation sites is 1. The van der Waals surface area contributed by atoms with Crippen molar-refractivity contribution < 1.29 is 28.4 Å². The first kappa shape index (κ1) is 22.8. The summed E-state index contributed by atoms with van der Waals surface area (Å²) in [4.78, 5) is 36.0. The van der Waals surface area contributed by atoms with Crippen molar-refractivity contribution in [3.8, 4) is 11.5 Å². The molecule has 0 aliphatic rings. The number of rotatable bonds is 8. The Hall–Kier alpha value is -4.37. The molecule has 0 atom stereocenters. The van der Waals surface area contributed by atoms with Crippen LogP contribution in [0.1, 0.15) is 16.1 Å². The first-order chi connectivity index (χ1) is 16.4. The van der Waals surface area contributed by atoms with Crippen LogP contribution in [0.5, 0.6) is 11.5 Å². The van der Waals surface area contributed by atoms with Gasteiger partial charge in [0.2, 0.25) is 5.78 Å². The van der Waals surface area contributed by atoms with E-state index >= 15 is 0 Å². The number of hydrogen-bond acceptors (Lipinski definition) is 7. The molecule has 1 amide bonds. The maximum Gasteiger partial charge on any atom is 0.269 e. The van der Waals surface area contributed by atoms with Crippen molar-refractivity contribution in [2.75, 3.05) is 19.0 Å². The molecule has 0 bridgehead atoms. The number of halogens is 1. The van der Waals surface area contributed by atoms with Crippen LogP contribution in [0.25, 0.3) is 11.0 Å². The number of non-ortho nitro benzene ring substituents is 1. The van der Waals surface area contributed by atoms with Crippen molar-refractivity contribution >= 4 is 45.6 Å². The number of anilines is 1. The zero-order chi connectivity index (χ0) is 24.2. The molecule has 0 saturated carbocycles. The summed E-state index contributed by atoms with van der Waals surface area (Å²) in [6.07, 6.45) is 0. The van der Waals surface area contributed by atoms with E-state index in [1.165, 1.54) is 37.4 Å². The maximum atomic E-state index is 13.2. The second-order valence-corrected chi connectivity index (χ2v) is 7.48. The molecule has 34 heavy (non-hydrogen) atoms. The zero-order valence-electron chi connectivity index (χ0n) is 17.7. The summed E-state index contributed by atoms with van der Waals surface area (Å²) in [5.74, 6) is -0.396. The van der Waals surface area contributed by atoms with Gasteiger partial charge >= 0.3 is 0 Å². The normalized spacial score (nSPS) is 10.6. The van der Waals surface area contributed by atoms with E-state index < -0.39 is 16.6 Å². The second kappa shape index (κ2) is 9.63. The fourth-order valence-corrected chi connectivity index (χ4v) is 3.51. The number of carbonyl (C=O) groups excluding carboxylic acids is 2. The fraction of sp³-hybridized carbons (Fsp3) is 0.0833. The molecule has 0 saturated heterocycles. The van der Waals surface area contributed by atoms with E-state index in [-0.39, 0.29) is 40.1 Å². The van der Waals surface area contributed by atoms with Crippen LogP contribution in [0.15, 0.2) is 71.1 Å². The van der Waals surface area contributed by atoms with Gasteiger partial charge in [0.05, 0.1) is 22.7 Å². The summed E-state index contributed by atoms with van der Waals surface area (Å²) < 4.78 is 16.3. The molecule has 4 rings (SSSR count). The summed E-state index contributed by atoms with van der Waals surface area (Å²) in [6, 6.07) is 16.8. The number of nitro benzene ring substituents is 1. The number of ketones is 1. The third-order valence-corrected chi connectivity index (χ3v) is 5.19. The minimum absolute atomic E-state index is 0.0638. The Kier molecular flexibility index (Phi) is 6.46. The van der Waals surface area contributed by atoms with E-state index in [4.69, 9.17) is 25.5 Å². The first-order valence-corrected chi connectivity index (χ1v) is 10.3. The quantitative estimate of drug-likeness (QED) is 0.207. The Bertz CT molecular complexity index is 1400. The van der Waals surface area contributed by atoms with Gasteiger partial charge in [-0.1, -0.05) is 23.7 Å². The lowest BCUT2D eigenvalue weighted by Gasteiger charge is -2.09. The molecule has 0 radical (unpaired) electrons. The van der Waals surface area contributed by atoms with Crippen LogP contribution in [0.4, 0.5) is 11.4 Å². The molecular weight excluding hydrogens is 464 g/mol. The summed E-state index contributed by atoms with van der Waals surface area (Å²) in [7, 11) is 1.47. The van der Waals surface area contributed by atoms with E-state index in [0.717, 1.165) is 0 Å². The smallest absolute Gasteiger partial charge is 0.269 e. The highest BCUT2D eigenvalue weighted by molar-refractivity contribution is 6.32. The Balaban J connectivity index is 1.57. The Morgan fingerprint density at radius 2 is 1.82 bits per heavy atom. The van der Waals surface area contributed by atoms with Crippen LogP contribution in [0.2, 0.25) is 5.02 Å². The van der Waals surface area contributed by atoms with Crippen molar-refractivity contribution in [3.63, 3.8) is 0 Å². The Labute approximate surface area is 198 Å². The summed E-state index contributed by atoms with van der Waals surface area (Å²) >= 11 is 6.16. The molecule has 3 aromatic carbocycles. The number of methoxy groups -OCH3 is 1. The maximum absolute atomic E-state index is 13.2. The predicted molar refractivity (Wildman–Crippen MR) is 125 cm³/mol. The van der Waals surface area contributed by atoms with Crippen molar-refractivity contribution in [2.24, 2.45) is 0 Å². The topological polar surface area (TPSA) is 121 Å². The number of nitro groups is 1. The van der Waals surface area contributed by atoms with Gasteiger partial charge in [-0.3, -0.25) is 19.7 Å². The number of hydrogen-bond donors (Lipinski definition) is 1. The third kappa shape index (κ3) is 4.69. The van der Waals surface area contributed by atoms with Crippen LogP contribution in [0, 0.1) is 10.1 Å². The van der Waals surface area contributed by atoms with Crippen LogP contribution < -0.4 is 14.8 Å². The highest BCUT2D eigenvalue weighted by atomic mass is 35.5. The van der Waals surface area contributed by atoms with Gasteiger partial charge in [-0.2, -0.15) is 0 Å². The lowest BCUT2D eigenvalue weighted by atomic mass is 10.1. The average Bonchev–Trinajstić information content (AvgIpc) is 3.20. The Morgan fingerprint density at radius 1 is 1.09 bits per heavy atom. The van der Waals surface area contributed by atoms with Crippen LogP contribution in [0.3, 0.4) is 0 Å². The number of nitrogens with one attached hydrogen (secondary N) is 1. The summed E-state index contributed by atoms with van der Waals surface area (Å²) in [6.45, 7) is -0.390. The zero-order valence-corrected chi connectivity index (χ0v) is 18.5. The predicted octanol–water partition coefficient (Wildman–Crippen LogP) is 5.25. The first-order valence-electron chi connectivity index (χ1n) is 9.94. The van der Waals surface area contributed by atoms with E-state index in [0.29, 0.717) is 16.7 Å². The number of carbonyl (C=O) groups is 2. The van der Waals surface area contributed by atoms with Crippen LogP contribution >= 0.6 is 11.6 Å². The molecule has 0 fully saturated rings. The fourth-order valence-electron chi connectivity index (χ4n) is 3.26. The van der Waals surface area contributed by atoms with Gasteiger partial charge in [0.15, 0.2) is 12.4 Å². The molecule has 0 unspecified atom stereocenters. The van der Waals surface area contributed by atoms with Gasteiger partial charge in [-0.25, -0.2) is 0 Å². The largest absolute Gasteiger partial charge is 0.495 e. The highest BCUT2D eigenvalue weighted by Crippen LogP contribution is 2.34. The SMILES string of the molecule is COc1ccc(C(=O)c2oc3ccccc3c2NC(=O)COc2ccc([N+](=O)[O-])cc2)cc1Cl. The number of amides is 1. The van der Waals surface area contributed by atoms with E-state index in [1.54, 1.807) is 36.4 Å². The standard InChI is InChI=1S/C24H17ClN2O7/c1-32-20-11-6-14(12-18(20)25)23(29)24-22(17-4-2-3-5-19(17)34-24)26-21(28)13-33-16-9-7-15(8-10-16)27(30)31/h2-12H,13H2,1H3,(H,26,28). The molecule has 4 aromatic rings. The Morgan fingerprint density at radius 3 is 2.50 bits per heavy atom. The molecule has 9 nitrogen and oxygen atoms in total. The van der Waals surface area contributed by atoms with Gasteiger partial charge in [0, 0.05) is 23.1 Å². The molecular formula is C24H17ClN2O7. The van der Waals surface area contributed by atoms with Gasteiger partial charge in [0.1, 0.15) is 17.1 Å². The minimum atomic E-state index is -0.549. The second-order valence-electron chi connectivity index (χ2n) is 7.07. The summed E-state index contributed by atoms with van der Waals surface area (Å²) in [5.41, 5.74) is 0.771. The number of ether oxygens (including phenoxy) is 2. The third-order valence-electron chi connectivity index (χ3n) is 4.90. The number of benzene rings is 3. The molecule has 172 valence electrons. The van der Waals surface area contributed by atoms with E-state index in [1.807, 2.05) is 0 Å². The number of furan rings is 1. The molecule has 0 aliphatic carbocycles. The van der Waals surface area contributed by atoms with Crippen molar-refractivity contribution in [1.82, 2.24) is 0 Å². The van der Waals surface area contributed by atoms with Crippen molar-refractivity contribution in [2.45, 2.75) is 0 Å². The van der Waals surface area contributed by atoms with E-state index in [2.05, 4.69) is 5.32 Å². The van der Waals surface area contributed by atoms with Crippen molar-refractivity contribution in [3.05, 3.63) is 93.2 Å². The lowest BCUT2D eigenvalue weighted by Crippen LogP contribution is -2.21. The molecule has 1 heterocycles. The molecule has 0 aliphatic heterocycles. The van der Waals surface area contributed by atoms with Crippen molar-refractivity contribution in [1.29, 1.82) is 0 Å². The summed E-state index contributed by atoms with van der Waals surface area (Å²) in [5, 5.41) is 14.2. The monoisotopic (exact) mass is 480 g/mol.